The van der Waals surface area contributed by atoms with Crippen LogP contribution in [0, 0.1) is 5.41 Å². The number of rotatable bonds is 11. The Labute approximate surface area is 189 Å². The Morgan fingerprint density at radius 2 is 2.03 bits per heavy atom. The predicted molar refractivity (Wildman–Crippen MR) is 127 cm³/mol. The first-order valence-electron chi connectivity index (χ1n) is 11.1. The lowest BCUT2D eigenvalue weighted by Gasteiger charge is -2.26. The van der Waals surface area contributed by atoms with Gasteiger partial charge in [0.05, 0.1) is 18.9 Å². The van der Waals surface area contributed by atoms with Gasteiger partial charge >= 0.3 is 0 Å². The molecule has 0 atom stereocenters. The van der Waals surface area contributed by atoms with Crippen LogP contribution in [0.3, 0.4) is 0 Å². The minimum Gasteiger partial charge on any atom is -0.492 e. The van der Waals surface area contributed by atoms with E-state index in [4.69, 9.17) is 14.9 Å². The van der Waals surface area contributed by atoms with Crippen molar-refractivity contribution >= 4 is 17.3 Å². The number of benzene rings is 1. The highest BCUT2D eigenvalue weighted by molar-refractivity contribution is 6.01. The SMILES string of the molecule is CCCC(=N)c1nc(N(C)Cc2ccc(OCCN3CCOCC3)cc2)[nH]c(=O)c1NC. The summed E-state index contributed by atoms with van der Waals surface area (Å²) in [5, 5.41) is 11.2. The van der Waals surface area contributed by atoms with Gasteiger partial charge in [0, 0.05) is 40.3 Å². The van der Waals surface area contributed by atoms with Crippen LogP contribution in [0.15, 0.2) is 29.1 Å². The Hall–Kier alpha value is -2.91. The second-order valence-corrected chi connectivity index (χ2v) is 7.89. The zero-order valence-electron chi connectivity index (χ0n) is 19.2. The van der Waals surface area contributed by atoms with Crippen LogP contribution < -0.4 is 20.5 Å². The van der Waals surface area contributed by atoms with Gasteiger partial charge in [0.2, 0.25) is 5.95 Å². The van der Waals surface area contributed by atoms with Gasteiger partial charge in [-0.3, -0.25) is 14.7 Å². The minimum atomic E-state index is -0.274. The average Bonchev–Trinajstić information content (AvgIpc) is 2.80. The molecule has 9 nitrogen and oxygen atoms in total. The third kappa shape index (κ3) is 6.30. The highest BCUT2D eigenvalue weighted by Gasteiger charge is 2.16. The number of anilines is 2. The van der Waals surface area contributed by atoms with E-state index in [1.54, 1.807) is 7.05 Å². The molecule has 0 radical (unpaired) electrons. The Balaban J connectivity index is 1.60. The Bertz CT molecular complexity index is 938. The fourth-order valence-electron chi connectivity index (χ4n) is 3.62. The standard InChI is InChI=1S/C23H34N6O3/c1-4-5-19(24)20-21(25-2)22(30)27-23(26-20)28(3)16-17-6-8-18(9-7-17)32-15-12-29-10-13-31-14-11-29/h6-9,24-25H,4-5,10-16H2,1-3H3,(H,26,27,30). The maximum absolute atomic E-state index is 12.5. The summed E-state index contributed by atoms with van der Waals surface area (Å²) in [5.41, 5.74) is 1.89. The molecule has 3 rings (SSSR count). The van der Waals surface area contributed by atoms with E-state index in [1.807, 2.05) is 43.1 Å². The van der Waals surface area contributed by atoms with E-state index in [-0.39, 0.29) is 5.56 Å². The molecule has 174 valence electrons. The van der Waals surface area contributed by atoms with E-state index in [9.17, 15) is 4.79 Å². The second-order valence-electron chi connectivity index (χ2n) is 7.89. The molecule has 0 spiro atoms. The number of hydrogen-bond acceptors (Lipinski definition) is 8. The van der Waals surface area contributed by atoms with Gasteiger partial charge in [-0.2, -0.15) is 0 Å². The summed E-state index contributed by atoms with van der Waals surface area (Å²) in [4.78, 5) is 24.1. The third-order valence-electron chi connectivity index (χ3n) is 5.43. The summed E-state index contributed by atoms with van der Waals surface area (Å²) >= 11 is 0. The van der Waals surface area contributed by atoms with Gasteiger partial charge in [0.15, 0.2) is 0 Å². The van der Waals surface area contributed by atoms with Crippen molar-refractivity contribution < 1.29 is 9.47 Å². The smallest absolute Gasteiger partial charge is 0.276 e. The molecule has 1 aromatic carbocycles. The lowest BCUT2D eigenvalue weighted by Crippen LogP contribution is -2.38. The van der Waals surface area contributed by atoms with Crippen LogP contribution in [0.25, 0.3) is 0 Å². The van der Waals surface area contributed by atoms with Crippen molar-refractivity contribution in [3.05, 3.63) is 45.9 Å². The summed E-state index contributed by atoms with van der Waals surface area (Å²) in [6, 6.07) is 7.96. The molecule has 0 unspecified atom stereocenters. The molecular formula is C23H34N6O3. The van der Waals surface area contributed by atoms with Gasteiger partial charge in [-0.15, -0.1) is 0 Å². The molecule has 0 bridgehead atoms. The first-order chi connectivity index (χ1) is 15.5. The van der Waals surface area contributed by atoms with Crippen LogP contribution in [0.5, 0.6) is 5.75 Å². The summed E-state index contributed by atoms with van der Waals surface area (Å²) in [6.45, 7) is 7.61. The van der Waals surface area contributed by atoms with Gasteiger partial charge in [-0.1, -0.05) is 25.5 Å². The highest BCUT2D eigenvalue weighted by Crippen LogP contribution is 2.18. The van der Waals surface area contributed by atoms with Crippen LogP contribution in [0.2, 0.25) is 0 Å². The number of hydrogen-bond donors (Lipinski definition) is 3. The molecule has 1 aromatic heterocycles. The van der Waals surface area contributed by atoms with Crippen molar-refractivity contribution in [2.45, 2.75) is 26.3 Å². The number of aromatic amines is 1. The average molecular weight is 443 g/mol. The van der Waals surface area contributed by atoms with Gasteiger partial charge in [-0.05, 0) is 24.1 Å². The number of H-pyrrole nitrogens is 1. The van der Waals surface area contributed by atoms with Crippen molar-refractivity contribution in [1.82, 2.24) is 14.9 Å². The number of nitrogens with zero attached hydrogens (tertiary/aromatic N) is 3. The van der Waals surface area contributed by atoms with Crippen molar-refractivity contribution in [3.63, 3.8) is 0 Å². The molecule has 9 heteroatoms. The maximum Gasteiger partial charge on any atom is 0.276 e. The van der Waals surface area contributed by atoms with Gasteiger partial charge in [0.25, 0.3) is 5.56 Å². The molecule has 0 aliphatic carbocycles. The fourth-order valence-corrected chi connectivity index (χ4v) is 3.62. The molecule has 0 saturated carbocycles. The van der Waals surface area contributed by atoms with E-state index in [1.165, 1.54) is 0 Å². The van der Waals surface area contributed by atoms with Gasteiger partial charge < -0.3 is 25.1 Å². The minimum absolute atomic E-state index is 0.274. The molecule has 3 N–H and O–H groups in total. The van der Waals surface area contributed by atoms with Crippen molar-refractivity contribution in [2.75, 3.05) is 63.8 Å². The van der Waals surface area contributed by atoms with Crippen molar-refractivity contribution in [2.24, 2.45) is 0 Å². The number of morpholine rings is 1. The van der Waals surface area contributed by atoms with E-state index in [2.05, 4.69) is 20.2 Å². The zero-order valence-corrected chi connectivity index (χ0v) is 19.2. The molecule has 1 aliphatic rings. The molecular weight excluding hydrogens is 408 g/mol. The Morgan fingerprint density at radius 1 is 1.31 bits per heavy atom. The molecule has 0 amide bonds. The molecule has 2 heterocycles. The van der Waals surface area contributed by atoms with E-state index < -0.39 is 0 Å². The first kappa shape index (κ1) is 23.7. The van der Waals surface area contributed by atoms with Gasteiger partial charge in [0.1, 0.15) is 23.7 Å². The first-order valence-corrected chi connectivity index (χ1v) is 11.1. The van der Waals surface area contributed by atoms with E-state index >= 15 is 0 Å². The Morgan fingerprint density at radius 3 is 2.69 bits per heavy atom. The van der Waals surface area contributed by atoms with E-state index in [0.717, 1.165) is 50.6 Å². The summed E-state index contributed by atoms with van der Waals surface area (Å²) < 4.78 is 11.2. The predicted octanol–water partition coefficient (Wildman–Crippen LogP) is 2.33. The van der Waals surface area contributed by atoms with Crippen LogP contribution >= 0.6 is 0 Å². The zero-order chi connectivity index (χ0) is 22.9. The summed E-state index contributed by atoms with van der Waals surface area (Å²) in [5.74, 6) is 1.28. The fraction of sp³-hybridized carbons (Fsp3) is 0.522. The van der Waals surface area contributed by atoms with Crippen LogP contribution in [0.4, 0.5) is 11.6 Å². The van der Waals surface area contributed by atoms with Crippen LogP contribution in [-0.4, -0.2) is 74.1 Å². The third-order valence-corrected chi connectivity index (χ3v) is 5.43. The Kier molecular flexibility index (Phi) is 8.64. The molecule has 1 saturated heterocycles. The number of aromatic nitrogens is 2. The monoisotopic (exact) mass is 442 g/mol. The second kappa shape index (κ2) is 11.6. The molecule has 32 heavy (non-hydrogen) atoms. The highest BCUT2D eigenvalue weighted by atomic mass is 16.5. The molecule has 1 fully saturated rings. The largest absolute Gasteiger partial charge is 0.492 e. The van der Waals surface area contributed by atoms with Crippen molar-refractivity contribution in [3.8, 4) is 5.75 Å². The summed E-state index contributed by atoms with van der Waals surface area (Å²) in [6.07, 6.45) is 1.39. The van der Waals surface area contributed by atoms with Crippen LogP contribution in [0.1, 0.15) is 31.0 Å². The normalized spacial score (nSPS) is 14.2. The lowest BCUT2D eigenvalue weighted by atomic mass is 10.1. The summed E-state index contributed by atoms with van der Waals surface area (Å²) in [7, 11) is 3.54. The van der Waals surface area contributed by atoms with Crippen LogP contribution in [-0.2, 0) is 11.3 Å². The molecule has 2 aromatic rings. The quantitative estimate of drug-likeness (QED) is 0.459. The van der Waals surface area contributed by atoms with Gasteiger partial charge in [-0.25, -0.2) is 4.98 Å². The molecule has 1 aliphatic heterocycles. The van der Waals surface area contributed by atoms with Crippen molar-refractivity contribution in [1.29, 1.82) is 5.41 Å². The number of nitrogens with one attached hydrogen (secondary N) is 3. The number of ether oxygens (including phenoxy) is 2. The maximum atomic E-state index is 12.5. The van der Waals surface area contributed by atoms with E-state index in [0.29, 0.717) is 42.6 Å². The lowest BCUT2D eigenvalue weighted by molar-refractivity contribution is 0.0322. The topological polar surface area (TPSA) is 107 Å².